The first kappa shape index (κ1) is 22.0. The van der Waals surface area contributed by atoms with Crippen LogP contribution in [0.4, 0.5) is 30.7 Å². The molecule has 0 aromatic carbocycles. The maximum Gasteiger partial charge on any atom is 0.460 e. The third-order valence-electron chi connectivity index (χ3n) is 3.77. The molecule has 1 atom stereocenters. The average Bonchev–Trinajstić information content (AvgIpc) is 2.33. The van der Waals surface area contributed by atoms with E-state index in [1.165, 1.54) is 6.92 Å². The summed E-state index contributed by atoms with van der Waals surface area (Å²) in [5.74, 6) is -13.5. The van der Waals surface area contributed by atoms with Crippen LogP contribution in [-0.2, 0) is 9.53 Å². The van der Waals surface area contributed by atoms with Crippen molar-refractivity contribution in [2.24, 2.45) is 17.3 Å². The van der Waals surface area contributed by atoms with Gasteiger partial charge in [0.05, 0.1) is 5.41 Å². The molecule has 0 amide bonds. The van der Waals surface area contributed by atoms with Crippen molar-refractivity contribution >= 4 is 5.97 Å². The first-order valence-corrected chi connectivity index (χ1v) is 6.98. The van der Waals surface area contributed by atoms with Crippen LogP contribution in [0.5, 0.6) is 0 Å². The highest BCUT2D eigenvalue weighted by atomic mass is 19.4. The first-order valence-electron chi connectivity index (χ1n) is 6.98. The highest BCUT2D eigenvalue weighted by Gasteiger charge is 2.73. The Morgan fingerprint density at radius 3 is 1.70 bits per heavy atom. The zero-order valence-electron chi connectivity index (χ0n) is 13.5. The SMILES string of the molecule is CC(C)CC(C)(C(=O)OCC(F)(F)C(F)(F)C(F)(F)F)C(C)C. The van der Waals surface area contributed by atoms with Gasteiger partial charge in [0.1, 0.15) is 0 Å². The molecule has 0 aliphatic carbocycles. The topological polar surface area (TPSA) is 26.3 Å². The summed E-state index contributed by atoms with van der Waals surface area (Å²) in [6.45, 7) is 5.78. The van der Waals surface area contributed by atoms with E-state index in [1.807, 2.05) is 0 Å². The fourth-order valence-corrected chi connectivity index (χ4v) is 2.02. The fraction of sp³-hybridized carbons (Fsp3) is 0.929. The van der Waals surface area contributed by atoms with E-state index in [1.54, 1.807) is 27.7 Å². The van der Waals surface area contributed by atoms with E-state index in [4.69, 9.17) is 0 Å². The molecule has 0 aromatic rings. The molecule has 0 saturated carbocycles. The standard InChI is InChI=1S/C14H21F7O2/c1-8(2)6-11(5,9(3)4)10(22)23-7-12(15,16)13(17,18)14(19,20)21/h8-9H,6-7H2,1-5H3. The fourth-order valence-electron chi connectivity index (χ4n) is 2.02. The Balaban J connectivity index is 5.18. The van der Waals surface area contributed by atoms with Crippen molar-refractivity contribution in [1.29, 1.82) is 0 Å². The van der Waals surface area contributed by atoms with Crippen LogP contribution in [0.1, 0.15) is 41.0 Å². The zero-order valence-corrected chi connectivity index (χ0v) is 13.5. The van der Waals surface area contributed by atoms with Gasteiger partial charge in [-0.15, -0.1) is 0 Å². The third kappa shape index (κ3) is 4.73. The van der Waals surface area contributed by atoms with Gasteiger partial charge < -0.3 is 4.74 Å². The van der Waals surface area contributed by atoms with Crippen LogP contribution in [0.3, 0.4) is 0 Å². The van der Waals surface area contributed by atoms with Crippen LogP contribution in [0, 0.1) is 17.3 Å². The summed E-state index contributed by atoms with van der Waals surface area (Å²) in [7, 11) is 0. The Kier molecular flexibility index (Phi) is 6.54. The van der Waals surface area contributed by atoms with E-state index in [2.05, 4.69) is 4.74 Å². The predicted octanol–water partition coefficient (Wildman–Crippen LogP) is 5.07. The summed E-state index contributed by atoms with van der Waals surface area (Å²) < 4.78 is 92.0. The van der Waals surface area contributed by atoms with E-state index in [9.17, 15) is 35.5 Å². The monoisotopic (exact) mass is 354 g/mol. The van der Waals surface area contributed by atoms with Gasteiger partial charge in [0.25, 0.3) is 0 Å². The second-order valence-electron chi connectivity index (χ2n) is 6.52. The van der Waals surface area contributed by atoms with Crippen LogP contribution in [-0.4, -0.2) is 30.6 Å². The summed E-state index contributed by atoms with van der Waals surface area (Å²) in [5.41, 5.74) is -1.27. The number of rotatable bonds is 7. The number of hydrogen-bond acceptors (Lipinski definition) is 2. The minimum Gasteiger partial charge on any atom is -0.459 e. The number of hydrogen-bond donors (Lipinski definition) is 0. The molecule has 0 bridgehead atoms. The predicted molar refractivity (Wildman–Crippen MR) is 69.3 cm³/mol. The van der Waals surface area contributed by atoms with Crippen molar-refractivity contribution in [3.05, 3.63) is 0 Å². The maximum absolute atomic E-state index is 13.2. The molecule has 0 aliphatic rings. The first-order chi connectivity index (χ1) is 9.99. The molecule has 0 saturated heterocycles. The Labute approximate surface area is 130 Å². The molecule has 9 heteroatoms. The molecule has 0 spiro atoms. The van der Waals surface area contributed by atoms with Crippen LogP contribution in [0.15, 0.2) is 0 Å². The van der Waals surface area contributed by atoms with E-state index >= 15 is 0 Å². The molecule has 0 radical (unpaired) electrons. The minimum absolute atomic E-state index is 0.0351. The van der Waals surface area contributed by atoms with Gasteiger partial charge in [-0.3, -0.25) is 4.79 Å². The number of halogens is 7. The molecule has 0 rings (SSSR count). The smallest absolute Gasteiger partial charge is 0.459 e. The molecular formula is C14H21F7O2. The Morgan fingerprint density at radius 2 is 1.39 bits per heavy atom. The summed E-state index contributed by atoms with van der Waals surface area (Å²) in [5, 5.41) is 0. The Hall–Kier alpha value is -1.02. The second kappa shape index (κ2) is 6.84. The van der Waals surface area contributed by atoms with Crippen LogP contribution in [0.2, 0.25) is 0 Å². The number of alkyl halides is 7. The number of ether oxygens (including phenoxy) is 1. The molecule has 138 valence electrons. The third-order valence-corrected chi connectivity index (χ3v) is 3.77. The zero-order chi connectivity index (χ0) is 18.9. The van der Waals surface area contributed by atoms with Gasteiger partial charge in [-0.1, -0.05) is 27.7 Å². The molecule has 0 heterocycles. The normalized spacial score (nSPS) is 16.6. The van der Waals surface area contributed by atoms with Gasteiger partial charge in [0.15, 0.2) is 6.61 Å². The van der Waals surface area contributed by atoms with Gasteiger partial charge in [-0.25, -0.2) is 0 Å². The van der Waals surface area contributed by atoms with Gasteiger partial charge in [0.2, 0.25) is 0 Å². The van der Waals surface area contributed by atoms with Crippen molar-refractivity contribution in [3.8, 4) is 0 Å². The van der Waals surface area contributed by atoms with E-state index < -0.39 is 36.0 Å². The molecule has 2 nitrogen and oxygen atoms in total. The highest BCUT2D eigenvalue weighted by molar-refractivity contribution is 5.76. The lowest BCUT2D eigenvalue weighted by Crippen LogP contribution is -2.55. The molecule has 23 heavy (non-hydrogen) atoms. The van der Waals surface area contributed by atoms with E-state index in [0.717, 1.165) is 0 Å². The van der Waals surface area contributed by atoms with Crippen molar-refractivity contribution in [2.75, 3.05) is 6.61 Å². The van der Waals surface area contributed by atoms with Crippen molar-refractivity contribution in [2.45, 2.75) is 59.1 Å². The van der Waals surface area contributed by atoms with Crippen molar-refractivity contribution < 1.29 is 40.3 Å². The average molecular weight is 354 g/mol. The van der Waals surface area contributed by atoms with Gasteiger partial charge in [-0.05, 0) is 25.2 Å². The molecular weight excluding hydrogens is 333 g/mol. The quantitative estimate of drug-likeness (QED) is 0.471. The molecule has 0 aliphatic heterocycles. The van der Waals surface area contributed by atoms with Gasteiger partial charge >= 0.3 is 24.0 Å². The lowest BCUT2D eigenvalue weighted by atomic mass is 9.73. The molecule has 0 fully saturated rings. The molecule has 0 aromatic heterocycles. The highest BCUT2D eigenvalue weighted by Crippen LogP contribution is 2.47. The minimum atomic E-state index is -6.44. The van der Waals surface area contributed by atoms with Crippen LogP contribution in [0.25, 0.3) is 0 Å². The van der Waals surface area contributed by atoms with Crippen molar-refractivity contribution in [3.63, 3.8) is 0 Å². The van der Waals surface area contributed by atoms with Crippen molar-refractivity contribution in [1.82, 2.24) is 0 Å². The largest absolute Gasteiger partial charge is 0.460 e. The number of carbonyl (C=O) groups excluding carboxylic acids is 1. The number of carbonyl (C=O) groups is 1. The summed E-state index contributed by atoms with van der Waals surface area (Å²) in [4.78, 5) is 12.0. The van der Waals surface area contributed by atoms with E-state index in [0.29, 0.717) is 0 Å². The maximum atomic E-state index is 13.2. The summed E-state index contributed by atoms with van der Waals surface area (Å²) >= 11 is 0. The number of esters is 1. The van der Waals surface area contributed by atoms with Gasteiger partial charge in [0, 0.05) is 0 Å². The second-order valence-corrected chi connectivity index (χ2v) is 6.52. The summed E-state index contributed by atoms with van der Waals surface area (Å²) in [6, 6.07) is 0. The molecule has 0 N–H and O–H groups in total. The molecule has 1 unspecified atom stereocenters. The Morgan fingerprint density at radius 1 is 0.957 bits per heavy atom. The summed E-state index contributed by atoms with van der Waals surface area (Å²) in [6.07, 6.45) is -6.23. The van der Waals surface area contributed by atoms with E-state index in [-0.39, 0.29) is 18.3 Å². The lowest BCUT2D eigenvalue weighted by Gasteiger charge is -2.34. The van der Waals surface area contributed by atoms with Crippen LogP contribution < -0.4 is 0 Å². The lowest BCUT2D eigenvalue weighted by molar-refractivity contribution is -0.360. The Bertz CT molecular complexity index is 416. The van der Waals surface area contributed by atoms with Gasteiger partial charge in [-0.2, -0.15) is 30.7 Å². The van der Waals surface area contributed by atoms with Crippen LogP contribution >= 0.6 is 0 Å².